The molecule has 15 heavy (non-hydrogen) atoms. The Morgan fingerprint density at radius 3 is 2.13 bits per heavy atom. The van der Waals surface area contributed by atoms with E-state index in [1.54, 1.807) is 13.8 Å². The van der Waals surface area contributed by atoms with Crippen LogP contribution in [-0.4, -0.2) is 18.6 Å². The maximum absolute atomic E-state index is 13.2. The van der Waals surface area contributed by atoms with Crippen molar-refractivity contribution in [3.05, 3.63) is 0 Å². The van der Waals surface area contributed by atoms with Crippen molar-refractivity contribution in [1.82, 2.24) is 0 Å². The predicted molar refractivity (Wildman–Crippen MR) is 59.3 cm³/mol. The fraction of sp³-hybridized carbons (Fsp3) is 1.00. The molecule has 0 saturated heterocycles. The van der Waals surface area contributed by atoms with Gasteiger partial charge in [-0.15, -0.1) is 0 Å². The topological polar surface area (TPSA) is 9.23 Å². The van der Waals surface area contributed by atoms with Crippen LogP contribution < -0.4 is 0 Å². The van der Waals surface area contributed by atoms with Gasteiger partial charge in [-0.2, -0.15) is 0 Å². The summed E-state index contributed by atoms with van der Waals surface area (Å²) in [4.78, 5) is 0. The summed E-state index contributed by atoms with van der Waals surface area (Å²) in [6, 6.07) is 0. The fourth-order valence-corrected chi connectivity index (χ4v) is 1.30. The Hall–Kier alpha value is -0.180. The van der Waals surface area contributed by atoms with Crippen LogP contribution in [-0.2, 0) is 4.74 Å². The minimum atomic E-state index is -2.65. The summed E-state index contributed by atoms with van der Waals surface area (Å²) >= 11 is 0. The van der Waals surface area contributed by atoms with Gasteiger partial charge in [-0.25, -0.2) is 8.78 Å². The van der Waals surface area contributed by atoms with Crippen LogP contribution in [0.3, 0.4) is 0 Å². The van der Waals surface area contributed by atoms with E-state index in [-0.39, 0.29) is 12.5 Å². The highest BCUT2D eigenvalue weighted by molar-refractivity contribution is 4.66. The zero-order chi connectivity index (χ0) is 11.9. The first-order valence-electron chi connectivity index (χ1n) is 5.83. The number of alkyl halides is 2. The van der Waals surface area contributed by atoms with Crippen molar-refractivity contribution in [2.24, 2.45) is 5.92 Å². The van der Waals surface area contributed by atoms with Gasteiger partial charge in [0.25, 0.3) is 5.92 Å². The van der Waals surface area contributed by atoms with Crippen LogP contribution in [0.25, 0.3) is 0 Å². The molecule has 0 spiro atoms. The summed E-state index contributed by atoms with van der Waals surface area (Å²) in [5, 5.41) is 0. The second kappa shape index (κ2) is 7.15. The van der Waals surface area contributed by atoms with Crippen LogP contribution in [0.2, 0.25) is 0 Å². The maximum atomic E-state index is 13.2. The number of hydrogen-bond donors (Lipinski definition) is 0. The van der Waals surface area contributed by atoms with Crippen LogP contribution in [0.15, 0.2) is 0 Å². The molecular weight excluding hydrogens is 198 g/mol. The van der Waals surface area contributed by atoms with Crippen molar-refractivity contribution in [1.29, 1.82) is 0 Å². The molecule has 0 heterocycles. The van der Waals surface area contributed by atoms with Gasteiger partial charge >= 0.3 is 0 Å². The third-order valence-corrected chi connectivity index (χ3v) is 2.20. The van der Waals surface area contributed by atoms with E-state index in [0.717, 1.165) is 12.8 Å². The molecule has 0 atom stereocenters. The summed E-state index contributed by atoms with van der Waals surface area (Å²) in [6.07, 6.45) is 2.33. The lowest BCUT2D eigenvalue weighted by molar-refractivity contribution is -0.0979. The first-order valence-corrected chi connectivity index (χ1v) is 5.83. The number of rotatable bonds is 8. The Kier molecular flexibility index (Phi) is 7.07. The highest BCUT2D eigenvalue weighted by Gasteiger charge is 2.28. The first-order chi connectivity index (χ1) is 6.83. The Labute approximate surface area is 92.2 Å². The smallest absolute Gasteiger partial charge is 0.271 e. The Balaban J connectivity index is 3.55. The van der Waals surface area contributed by atoms with E-state index in [4.69, 9.17) is 4.74 Å². The molecule has 0 rings (SSSR count). The van der Waals surface area contributed by atoms with Gasteiger partial charge in [0, 0.05) is 6.42 Å². The summed E-state index contributed by atoms with van der Waals surface area (Å²) < 4.78 is 31.3. The molecule has 0 N–H and O–H groups in total. The zero-order valence-electron chi connectivity index (χ0n) is 10.4. The summed E-state index contributed by atoms with van der Waals surface area (Å²) in [5.74, 6) is -2.05. The van der Waals surface area contributed by atoms with E-state index in [2.05, 4.69) is 13.8 Å². The molecule has 0 aromatic heterocycles. The molecule has 3 heteroatoms. The normalized spacial score (nSPS) is 12.8. The highest BCUT2D eigenvalue weighted by atomic mass is 19.3. The minimum Gasteiger partial charge on any atom is -0.373 e. The van der Waals surface area contributed by atoms with Gasteiger partial charge in [-0.05, 0) is 26.2 Å². The maximum Gasteiger partial charge on any atom is 0.271 e. The molecule has 0 amide bonds. The third kappa shape index (κ3) is 10.1. The molecule has 0 bridgehead atoms. The van der Waals surface area contributed by atoms with Crippen LogP contribution in [0.5, 0.6) is 0 Å². The molecule has 92 valence electrons. The van der Waals surface area contributed by atoms with Crippen LogP contribution in [0.1, 0.15) is 53.4 Å². The Bertz CT molecular complexity index is 156. The molecule has 0 aromatic carbocycles. The molecule has 0 aliphatic rings. The summed E-state index contributed by atoms with van der Waals surface area (Å²) in [5.41, 5.74) is 0. The minimum absolute atomic E-state index is 0.0492. The van der Waals surface area contributed by atoms with Gasteiger partial charge in [0.1, 0.15) is 6.61 Å². The van der Waals surface area contributed by atoms with E-state index in [9.17, 15) is 8.78 Å². The number of hydrogen-bond acceptors (Lipinski definition) is 1. The molecular formula is C12H24F2O. The number of halogens is 2. The molecule has 0 aliphatic heterocycles. The van der Waals surface area contributed by atoms with Crippen molar-refractivity contribution in [3.8, 4) is 0 Å². The lowest BCUT2D eigenvalue weighted by Gasteiger charge is -2.18. The number of unbranched alkanes of at least 4 members (excludes halogenated alkanes) is 1. The lowest BCUT2D eigenvalue weighted by atomic mass is 10.0. The van der Waals surface area contributed by atoms with Crippen molar-refractivity contribution in [2.45, 2.75) is 65.4 Å². The summed E-state index contributed by atoms with van der Waals surface area (Å²) in [6.45, 7) is 7.33. The SMILES string of the molecule is CC(C)CCCCC(F)(F)COC(C)C. The fourth-order valence-electron chi connectivity index (χ4n) is 1.30. The molecule has 0 radical (unpaired) electrons. The Morgan fingerprint density at radius 2 is 1.67 bits per heavy atom. The van der Waals surface area contributed by atoms with Crippen LogP contribution in [0, 0.1) is 5.92 Å². The quantitative estimate of drug-likeness (QED) is 0.557. The van der Waals surface area contributed by atoms with E-state index >= 15 is 0 Å². The molecule has 0 aliphatic carbocycles. The third-order valence-electron chi connectivity index (χ3n) is 2.20. The van der Waals surface area contributed by atoms with Crippen molar-refractivity contribution >= 4 is 0 Å². The Morgan fingerprint density at radius 1 is 1.07 bits per heavy atom. The predicted octanol–water partition coefficient (Wildman–Crippen LogP) is 4.26. The van der Waals surface area contributed by atoms with E-state index in [1.807, 2.05) is 0 Å². The van der Waals surface area contributed by atoms with Crippen LogP contribution in [0.4, 0.5) is 8.78 Å². The van der Waals surface area contributed by atoms with E-state index < -0.39 is 12.5 Å². The van der Waals surface area contributed by atoms with Gasteiger partial charge in [-0.1, -0.05) is 26.7 Å². The van der Waals surface area contributed by atoms with Gasteiger partial charge < -0.3 is 4.74 Å². The zero-order valence-corrected chi connectivity index (χ0v) is 10.4. The molecule has 0 unspecified atom stereocenters. The average Bonchev–Trinajstić information content (AvgIpc) is 2.09. The van der Waals surface area contributed by atoms with E-state index in [1.165, 1.54) is 0 Å². The first kappa shape index (κ1) is 14.8. The van der Waals surface area contributed by atoms with Crippen molar-refractivity contribution in [2.75, 3.05) is 6.61 Å². The molecule has 1 nitrogen and oxygen atoms in total. The standard InChI is InChI=1S/C12H24F2O/c1-10(2)7-5-6-8-12(13,14)9-15-11(3)4/h10-11H,5-9H2,1-4H3. The van der Waals surface area contributed by atoms with Gasteiger partial charge in [0.2, 0.25) is 0 Å². The second-order valence-corrected chi connectivity index (χ2v) is 4.86. The van der Waals surface area contributed by atoms with Crippen molar-refractivity contribution in [3.63, 3.8) is 0 Å². The average molecular weight is 222 g/mol. The van der Waals surface area contributed by atoms with Crippen LogP contribution >= 0.6 is 0 Å². The monoisotopic (exact) mass is 222 g/mol. The molecule has 0 saturated carbocycles. The lowest BCUT2D eigenvalue weighted by Crippen LogP contribution is -2.25. The van der Waals surface area contributed by atoms with Crippen molar-refractivity contribution < 1.29 is 13.5 Å². The van der Waals surface area contributed by atoms with E-state index in [0.29, 0.717) is 12.3 Å². The highest BCUT2D eigenvalue weighted by Crippen LogP contribution is 2.23. The van der Waals surface area contributed by atoms with Gasteiger partial charge in [0.05, 0.1) is 6.10 Å². The second-order valence-electron chi connectivity index (χ2n) is 4.86. The summed E-state index contributed by atoms with van der Waals surface area (Å²) in [7, 11) is 0. The van der Waals surface area contributed by atoms with Gasteiger partial charge in [-0.3, -0.25) is 0 Å². The van der Waals surface area contributed by atoms with Gasteiger partial charge in [0.15, 0.2) is 0 Å². The molecule has 0 aromatic rings. The number of ether oxygens (including phenoxy) is 1. The largest absolute Gasteiger partial charge is 0.373 e. The molecule has 0 fully saturated rings.